The predicted octanol–water partition coefficient (Wildman–Crippen LogP) is 4.07. The minimum absolute atomic E-state index is 0.219. The molecule has 0 aliphatic heterocycles. The van der Waals surface area contributed by atoms with E-state index in [0.717, 1.165) is 17.4 Å². The molecule has 0 amide bonds. The molecule has 1 atom stereocenters. The van der Waals surface area contributed by atoms with Crippen molar-refractivity contribution in [3.63, 3.8) is 0 Å². The third-order valence-electron chi connectivity index (χ3n) is 3.04. The summed E-state index contributed by atoms with van der Waals surface area (Å²) in [4.78, 5) is 0. The van der Waals surface area contributed by atoms with E-state index in [9.17, 15) is 0 Å². The van der Waals surface area contributed by atoms with E-state index in [-0.39, 0.29) is 6.10 Å². The smallest absolute Gasteiger partial charge is 0.142 e. The molecule has 1 N–H and O–H groups in total. The van der Waals surface area contributed by atoms with Gasteiger partial charge >= 0.3 is 0 Å². The Morgan fingerprint density at radius 3 is 2.59 bits per heavy atom. The summed E-state index contributed by atoms with van der Waals surface area (Å²) in [6, 6.07) is 8.74. The maximum atomic E-state index is 5.80. The van der Waals surface area contributed by atoms with Crippen molar-refractivity contribution in [1.82, 2.24) is 0 Å². The summed E-state index contributed by atoms with van der Waals surface area (Å²) in [5, 5.41) is 3.56. The highest BCUT2D eigenvalue weighted by Crippen LogP contribution is 2.35. The fourth-order valence-electron chi connectivity index (χ4n) is 2.12. The Hall–Kier alpha value is -1.18. The highest BCUT2D eigenvalue weighted by atomic mass is 16.5. The molecule has 1 aromatic carbocycles. The zero-order valence-corrected chi connectivity index (χ0v) is 11.1. The summed E-state index contributed by atoms with van der Waals surface area (Å²) in [6.07, 6.45) is 4.32. The molecule has 0 heterocycles. The molecule has 2 nitrogen and oxygen atoms in total. The fraction of sp³-hybridized carbons (Fsp3) is 0.600. The summed E-state index contributed by atoms with van der Waals surface area (Å²) in [5.41, 5.74) is 1.12. The standard InChI is InChI=1S/C15H23NO/c1-11(2)17-15-7-5-4-6-14(15)16-12(3)10-13-8-9-13/h4-7,11-13,16H,8-10H2,1-3H3. The van der Waals surface area contributed by atoms with E-state index in [2.05, 4.69) is 38.2 Å². The van der Waals surface area contributed by atoms with E-state index >= 15 is 0 Å². The molecule has 2 heteroatoms. The summed E-state index contributed by atoms with van der Waals surface area (Å²) in [5.74, 6) is 1.92. The van der Waals surface area contributed by atoms with Crippen LogP contribution in [0.5, 0.6) is 5.75 Å². The molecular weight excluding hydrogens is 210 g/mol. The van der Waals surface area contributed by atoms with Gasteiger partial charge in [0.1, 0.15) is 5.75 Å². The average molecular weight is 233 g/mol. The van der Waals surface area contributed by atoms with Crippen LogP contribution in [0.15, 0.2) is 24.3 Å². The fourth-order valence-corrected chi connectivity index (χ4v) is 2.12. The summed E-state index contributed by atoms with van der Waals surface area (Å²) < 4.78 is 5.80. The molecule has 0 radical (unpaired) electrons. The van der Waals surface area contributed by atoms with Crippen molar-refractivity contribution in [3.8, 4) is 5.75 Å². The van der Waals surface area contributed by atoms with Crippen molar-refractivity contribution in [2.45, 2.75) is 52.2 Å². The van der Waals surface area contributed by atoms with Crippen LogP contribution in [-0.2, 0) is 0 Å². The van der Waals surface area contributed by atoms with Gasteiger partial charge in [-0.15, -0.1) is 0 Å². The first-order valence-corrected chi connectivity index (χ1v) is 6.67. The van der Waals surface area contributed by atoms with Crippen LogP contribution in [-0.4, -0.2) is 12.1 Å². The first kappa shape index (κ1) is 12.3. The van der Waals surface area contributed by atoms with Gasteiger partial charge in [-0.2, -0.15) is 0 Å². The quantitative estimate of drug-likeness (QED) is 0.799. The average Bonchev–Trinajstić information content (AvgIpc) is 3.04. The largest absolute Gasteiger partial charge is 0.489 e. The number of hydrogen-bond acceptors (Lipinski definition) is 2. The summed E-state index contributed by atoms with van der Waals surface area (Å²) in [6.45, 7) is 6.37. The van der Waals surface area contributed by atoms with Crippen molar-refractivity contribution < 1.29 is 4.74 Å². The Morgan fingerprint density at radius 1 is 1.24 bits per heavy atom. The van der Waals surface area contributed by atoms with E-state index in [1.165, 1.54) is 19.3 Å². The number of ether oxygens (including phenoxy) is 1. The highest BCUT2D eigenvalue weighted by molar-refractivity contribution is 5.56. The Kier molecular flexibility index (Phi) is 3.93. The summed E-state index contributed by atoms with van der Waals surface area (Å²) in [7, 11) is 0. The van der Waals surface area contributed by atoms with Gasteiger partial charge in [0.05, 0.1) is 11.8 Å². The maximum Gasteiger partial charge on any atom is 0.142 e. The highest BCUT2D eigenvalue weighted by Gasteiger charge is 2.23. The van der Waals surface area contributed by atoms with E-state index in [0.29, 0.717) is 6.04 Å². The van der Waals surface area contributed by atoms with Gasteiger partial charge in [0, 0.05) is 6.04 Å². The molecule has 2 rings (SSSR count). The topological polar surface area (TPSA) is 21.3 Å². The second kappa shape index (κ2) is 5.44. The molecule has 1 aliphatic rings. The molecule has 17 heavy (non-hydrogen) atoms. The molecule has 0 bridgehead atoms. The SMILES string of the molecule is CC(CC1CC1)Nc1ccccc1OC(C)C. The number of nitrogens with one attached hydrogen (secondary N) is 1. The summed E-state index contributed by atoms with van der Waals surface area (Å²) >= 11 is 0. The molecule has 0 aromatic heterocycles. The molecule has 1 unspecified atom stereocenters. The van der Waals surface area contributed by atoms with Crippen LogP contribution >= 0.6 is 0 Å². The minimum atomic E-state index is 0.219. The monoisotopic (exact) mass is 233 g/mol. The molecule has 0 spiro atoms. The van der Waals surface area contributed by atoms with Crippen LogP contribution in [0.4, 0.5) is 5.69 Å². The Balaban J connectivity index is 1.97. The number of anilines is 1. The van der Waals surface area contributed by atoms with Gasteiger partial charge in [-0.3, -0.25) is 0 Å². The van der Waals surface area contributed by atoms with E-state index < -0.39 is 0 Å². The first-order valence-electron chi connectivity index (χ1n) is 6.67. The predicted molar refractivity (Wildman–Crippen MR) is 72.6 cm³/mol. The zero-order chi connectivity index (χ0) is 12.3. The zero-order valence-electron chi connectivity index (χ0n) is 11.1. The van der Waals surface area contributed by atoms with Crippen molar-refractivity contribution in [1.29, 1.82) is 0 Å². The lowest BCUT2D eigenvalue weighted by atomic mass is 10.1. The second-order valence-electron chi connectivity index (χ2n) is 5.39. The Morgan fingerprint density at radius 2 is 1.94 bits per heavy atom. The van der Waals surface area contributed by atoms with Crippen molar-refractivity contribution in [3.05, 3.63) is 24.3 Å². The van der Waals surface area contributed by atoms with Gasteiger partial charge in [0.2, 0.25) is 0 Å². The van der Waals surface area contributed by atoms with Crippen LogP contribution < -0.4 is 10.1 Å². The van der Waals surface area contributed by atoms with Crippen molar-refractivity contribution >= 4 is 5.69 Å². The number of benzene rings is 1. The van der Waals surface area contributed by atoms with Crippen molar-refractivity contribution in [2.75, 3.05) is 5.32 Å². The molecule has 1 saturated carbocycles. The van der Waals surface area contributed by atoms with Crippen LogP contribution in [0.3, 0.4) is 0 Å². The third kappa shape index (κ3) is 3.95. The van der Waals surface area contributed by atoms with Gasteiger partial charge in [-0.1, -0.05) is 25.0 Å². The number of para-hydroxylation sites is 2. The van der Waals surface area contributed by atoms with E-state index in [4.69, 9.17) is 4.74 Å². The van der Waals surface area contributed by atoms with Crippen LogP contribution in [0, 0.1) is 5.92 Å². The van der Waals surface area contributed by atoms with Gasteiger partial charge in [0.15, 0.2) is 0 Å². The maximum absolute atomic E-state index is 5.80. The normalized spacial score (nSPS) is 16.9. The third-order valence-corrected chi connectivity index (χ3v) is 3.04. The van der Waals surface area contributed by atoms with Crippen molar-refractivity contribution in [2.24, 2.45) is 5.92 Å². The Labute approximate surface area is 104 Å². The number of hydrogen-bond donors (Lipinski definition) is 1. The molecule has 0 saturated heterocycles. The lowest BCUT2D eigenvalue weighted by molar-refractivity contribution is 0.243. The lowest BCUT2D eigenvalue weighted by Crippen LogP contribution is -2.17. The van der Waals surface area contributed by atoms with Gasteiger partial charge in [-0.05, 0) is 45.2 Å². The number of rotatable bonds is 6. The van der Waals surface area contributed by atoms with Crippen LogP contribution in [0.25, 0.3) is 0 Å². The molecule has 1 aromatic rings. The van der Waals surface area contributed by atoms with Gasteiger partial charge in [0.25, 0.3) is 0 Å². The lowest BCUT2D eigenvalue weighted by Gasteiger charge is -2.19. The molecule has 94 valence electrons. The molecular formula is C15H23NO. The van der Waals surface area contributed by atoms with E-state index in [1.54, 1.807) is 0 Å². The van der Waals surface area contributed by atoms with E-state index in [1.807, 2.05) is 12.1 Å². The van der Waals surface area contributed by atoms with Crippen LogP contribution in [0.2, 0.25) is 0 Å². The second-order valence-corrected chi connectivity index (χ2v) is 5.39. The van der Waals surface area contributed by atoms with Gasteiger partial charge < -0.3 is 10.1 Å². The molecule has 1 fully saturated rings. The first-order chi connectivity index (χ1) is 8.15. The van der Waals surface area contributed by atoms with Gasteiger partial charge in [-0.25, -0.2) is 0 Å². The minimum Gasteiger partial charge on any atom is -0.489 e. The Bertz CT molecular complexity index is 358. The van der Waals surface area contributed by atoms with Crippen LogP contribution in [0.1, 0.15) is 40.0 Å². The molecule has 1 aliphatic carbocycles.